The summed E-state index contributed by atoms with van der Waals surface area (Å²) in [5.41, 5.74) is 3.59. The Hall–Kier alpha value is -0.860. The van der Waals surface area contributed by atoms with E-state index in [0.717, 1.165) is 12.1 Å². The van der Waals surface area contributed by atoms with E-state index in [1.54, 1.807) is 0 Å². The maximum absolute atomic E-state index is 9.15. The minimum absolute atomic E-state index is 0.147. The van der Waals surface area contributed by atoms with Crippen LogP contribution in [0, 0.1) is 6.92 Å². The molecule has 2 heteroatoms. The van der Waals surface area contributed by atoms with Gasteiger partial charge in [0.25, 0.3) is 0 Å². The summed E-state index contributed by atoms with van der Waals surface area (Å²) < 4.78 is 0. The van der Waals surface area contributed by atoms with Crippen LogP contribution in [0.3, 0.4) is 0 Å². The Balaban J connectivity index is 2.33. The van der Waals surface area contributed by atoms with Crippen LogP contribution in [0.4, 0.5) is 0 Å². The van der Waals surface area contributed by atoms with Crippen molar-refractivity contribution in [3.8, 4) is 0 Å². The predicted octanol–water partition coefficient (Wildman–Crippen LogP) is 1.52. The monoisotopic (exact) mass is 177 g/mol. The molecule has 0 radical (unpaired) electrons. The highest BCUT2D eigenvalue weighted by Gasteiger charge is 2.20. The van der Waals surface area contributed by atoms with Gasteiger partial charge in [-0.25, -0.2) is 0 Å². The molecule has 0 bridgehead atoms. The first-order valence-corrected chi connectivity index (χ1v) is 4.75. The molecule has 70 valence electrons. The van der Waals surface area contributed by atoms with Crippen LogP contribution in [0.2, 0.25) is 0 Å². The summed E-state index contributed by atoms with van der Waals surface area (Å²) in [7, 11) is 0. The van der Waals surface area contributed by atoms with Crippen molar-refractivity contribution in [1.29, 1.82) is 0 Å². The topological polar surface area (TPSA) is 32.3 Å². The number of aryl methyl sites for hydroxylation is 1. The van der Waals surface area contributed by atoms with Gasteiger partial charge in [0.1, 0.15) is 0 Å². The first kappa shape index (κ1) is 8.73. The maximum Gasteiger partial charge on any atom is 0.0685 e. The van der Waals surface area contributed by atoms with Crippen molar-refractivity contribution in [2.24, 2.45) is 0 Å². The van der Waals surface area contributed by atoms with E-state index in [1.165, 1.54) is 17.5 Å². The molecular formula is C11H15NO. The number of aliphatic hydroxyl groups excluding tert-OH is 1. The fourth-order valence-corrected chi connectivity index (χ4v) is 1.74. The predicted molar refractivity (Wildman–Crippen MR) is 52.5 cm³/mol. The molecule has 2 nitrogen and oxygen atoms in total. The van der Waals surface area contributed by atoms with Crippen molar-refractivity contribution in [2.75, 3.05) is 6.54 Å². The van der Waals surface area contributed by atoms with E-state index < -0.39 is 0 Å². The average Bonchev–Trinajstić information content (AvgIpc) is 2.02. The van der Waals surface area contributed by atoms with Crippen molar-refractivity contribution in [2.45, 2.75) is 26.0 Å². The molecule has 1 aliphatic rings. The van der Waals surface area contributed by atoms with Gasteiger partial charge in [-0.3, -0.25) is 0 Å². The minimum atomic E-state index is 0.147. The second-order valence-electron chi connectivity index (χ2n) is 3.66. The number of aliphatic hydroxyl groups is 1. The molecule has 1 saturated heterocycles. The van der Waals surface area contributed by atoms with Crippen molar-refractivity contribution >= 4 is 0 Å². The summed E-state index contributed by atoms with van der Waals surface area (Å²) >= 11 is 0. The molecule has 1 atom stereocenters. The van der Waals surface area contributed by atoms with Crippen molar-refractivity contribution in [3.05, 3.63) is 34.9 Å². The highest BCUT2D eigenvalue weighted by Crippen LogP contribution is 2.26. The van der Waals surface area contributed by atoms with Crippen LogP contribution in [-0.2, 0) is 6.61 Å². The fourth-order valence-electron chi connectivity index (χ4n) is 1.74. The van der Waals surface area contributed by atoms with Gasteiger partial charge < -0.3 is 10.4 Å². The molecule has 2 rings (SSSR count). The average molecular weight is 177 g/mol. The van der Waals surface area contributed by atoms with Gasteiger partial charge in [-0.05, 0) is 31.0 Å². The number of benzene rings is 1. The third-order valence-electron chi connectivity index (χ3n) is 2.67. The molecule has 1 unspecified atom stereocenters. The van der Waals surface area contributed by atoms with Crippen LogP contribution in [0.5, 0.6) is 0 Å². The Labute approximate surface area is 78.6 Å². The summed E-state index contributed by atoms with van der Waals surface area (Å²) in [5, 5.41) is 12.5. The Bertz CT molecular complexity index is 305. The number of nitrogens with one attached hydrogen (secondary N) is 1. The minimum Gasteiger partial charge on any atom is -0.392 e. The lowest BCUT2D eigenvalue weighted by atomic mass is 9.92. The molecule has 2 N–H and O–H groups in total. The quantitative estimate of drug-likeness (QED) is 0.718. The first-order valence-electron chi connectivity index (χ1n) is 4.75. The van der Waals surface area contributed by atoms with E-state index in [4.69, 9.17) is 5.11 Å². The normalized spacial score (nSPS) is 21.2. The molecule has 13 heavy (non-hydrogen) atoms. The van der Waals surface area contributed by atoms with Gasteiger partial charge in [-0.15, -0.1) is 0 Å². The third-order valence-corrected chi connectivity index (χ3v) is 2.67. The summed E-state index contributed by atoms with van der Waals surface area (Å²) in [6.45, 7) is 3.33. The van der Waals surface area contributed by atoms with E-state index in [0.29, 0.717) is 6.04 Å². The van der Waals surface area contributed by atoms with Crippen LogP contribution in [0.15, 0.2) is 18.2 Å². The SMILES string of the molecule is Cc1ccc(CO)c(C2CCN2)c1. The first-order chi connectivity index (χ1) is 6.31. The Kier molecular flexibility index (Phi) is 2.34. The molecule has 1 heterocycles. The van der Waals surface area contributed by atoms with Crippen LogP contribution in [0.1, 0.15) is 29.2 Å². The van der Waals surface area contributed by atoms with Gasteiger partial charge in [0.2, 0.25) is 0 Å². The zero-order valence-electron chi connectivity index (χ0n) is 7.88. The smallest absolute Gasteiger partial charge is 0.0685 e. The van der Waals surface area contributed by atoms with Gasteiger partial charge in [0, 0.05) is 6.04 Å². The lowest BCUT2D eigenvalue weighted by Gasteiger charge is -2.29. The standard InChI is InChI=1S/C11H15NO/c1-8-2-3-9(7-13)10(6-8)11-4-5-12-11/h2-3,6,11-13H,4-5,7H2,1H3. The van der Waals surface area contributed by atoms with Gasteiger partial charge in [-0.1, -0.05) is 23.8 Å². The van der Waals surface area contributed by atoms with Gasteiger partial charge >= 0.3 is 0 Å². The molecule has 1 fully saturated rings. The number of rotatable bonds is 2. The zero-order chi connectivity index (χ0) is 9.26. The van der Waals surface area contributed by atoms with Crippen molar-refractivity contribution in [3.63, 3.8) is 0 Å². The van der Waals surface area contributed by atoms with Gasteiger partial charge in [0.05, 0.1) is 6.61 Å². The molecule has 0 aromatic heterocycles. The molecule has 0 aliphatic carbocycles. The van der Waals surface area contributed by atoms with Crippen LogP contribution in [-0.4, -0.2) is 11.7 Å². The van der Waals surface area contributed by atoms with E-state index in [2.05, 4.69) is 18.3 Å². The second kappa shape index (κ2) is 3.48. The Morgan fingerprint density at radius 3 is 2.85 bits per heavy atom. The van der Waals surface area contributed by atoms with Crippen molar-refractivity contribution in [1.82, 2.24) is 5.32 Å². The Morgan fingerprint density at radius 2 is 2.31 bits per heavy atom. The highest BCUT2D eigenvalue weighted by atomic mass is 16.3. The van der Waals surface area contributed by atoms with E-state index >= 15 is 0 Å². The molecule has 0 spiro atoms. The van der Waals surface area contributed by atoms with E-state index in [-0.39, 0.29) is 6.61 Å². The number of hydrogen-bond donors (Lipinski definition) is 2. The number of hydrogen-bond acceptors (Lipinski definition) is 2. The lowest BCUT2D eigenvalue weighted by molar-refractivity contribution is 0.276. The fraction of sp³-hybridized carbons (Fsp3) is 0.455. The van der Waals surface area contributed by atoms with Crippen LogP contribution in [0.25, 0.3) is 0 Å². The third kappa shape index (κ3) is 1.60. The lowest BCUT2D eigenvalue weighted by Crippen LogP contribution is -2.35. The molecule has 1 aliphatic heterocycles. The Morgan fingerprint density at radius 1 is 1.54 bits per heavy atom. The molecule has 0 amide bonds. The van der Waals surface area contributed by atoms with E-state index in [9.17, 15) is 0 Å². The summed E-state index contributed by atoms with van der Waals surface area (Å²) in [6.07, 6.45) is 1.19. The second-order valence-corrected chi connectivity index (χ2v) is 3.66. The highest BCUT2D eigenvalue weighted by molar-refractivity contribution is 5.34. The molecule has 1 aromatic rings. The van der Waals surface area contributed by atoms with Gasteiger partial charge in [0.15, 0.2) is 0 Å². The molecular weight excluding hydrogens is 162 g/mol. The summed E-state index contributed by atoms with van der Waals surface area (Å²) in [6, 6.07) is 6.71. The maximum atomic E-state index is 9.15. The van der Waals surface area contributed by atoms with E-state index in [1.807, 2.05) is 12.1 Å². The van der Waals surface area contributed by atoms with Crippen LogP contribution < -0.4 is 5.32 Å². The summed E-state index contributed by atoms with van der Waals surface area (Å²) in [4.78, 5) is 0. The van der Waals surface area contributed by atoms with Crippen molar-refractivity contribution < 1.29 is 5.11 Å². The summed E-state index contributed by atoms with van der Waals surface area (Å²) in [5.74, 6) is 0. The molecule has 0 saturated carbocycles. The van der Waals surface area contributed by atoms with Crippen LogP contribution >= 0.6 is 0 Å². The molecule has 1 aromatic carbocycles. The van der Waals surface area contributed by atoms with Gasteiger partial charge in [-0.2, -0.15) is 0 Å². The zero-order valence-corrected chi connectivity index (χ0v) is 7.88. The largest absolute Gasteiger partial charge is 0.392 e.